The van der Waals surface area contributed by atoms with Crippen LogP contribution in [0.2, 0.25) is 0 Å². The molecule has 31 heavy (non-hydrogen) atoms. The van der Waals surface area contributed by atoms with Gasteiger partial charge in [-0.1, -0.05) is 18.2 Å². The summed E-state index contributed by atoms with van der Waals surface area (Å²) in [6.45, 7) is 0. The molecule has 1 saturated carbocycles. The minimum Gasteiger partial charge on any atom is -0.349 e. The maximum Gasteiger partial charge on any atom is 0.271 e. The van der Waals surface area contributed by atoms with Crippen molar-refractivity contribution < 1.29 is 18.0 Å². The van der Waals surface area contributed by atoms with E-state index in [2.05, 4.69) is 15.4 Å². The third-order valence-corrected chi connectivity index (χ3v) is 7.45. The van der Waals surface area contributed by atoms with Gasteiger partial charge in [-0.25, -0.2) is 8.42 Å². The van der Waals surface area contributed by atoms with E-state index in [1.807, 2.05) is 0 Å². The number of carbonyl (C=O) groups is 2. The van der Waals surface area contributed by atoms with Crippen molar-refractivity contribution >= 4 is 44.5 Å². The summed E-state index contributed by atoms with van der Waals surface area (Å²) in [6.07, 6.45) is 2.20. The first-order valence-corrected chi connectivity index (χ1v) is 12.1. The van der Waals surface area contributed by atoms with Gasteiger partial charge in [-0.2, -0.15) is 0 Å². The van der Waals surface area contributed by atoms with E-state index in [4.69, 9.17) is 0 Å². The van der Waals surface area contributed by atoms with Crippen molar-refractivity contribution in [3.8, 4) is 0 Å². The van der Waals surface area contributed by atoms with Gasteiger partial charge in [0.05, 0.1) is 6.42 Å². The minimum absolute atomic E-state index is 0.102. The first kappa shape index (κ1) is 21.1. The molecule has 2 amide bonds. The summed E-state index contributed by atoms with van der Waals surface area (Å²) < 4.78 is 27.3. The van der Waals surface area contributed by atoms with E-state index in [9.17, 15) is 18.0 Å². The normalized spacial score (nSPS) is 13.4. The molecule has 2 aromatic carbocycles. The van der Waals surface area contributed by atoms with E-state index in [0.717, 1.165) is 29.7 Å². The van der Waals surface area contributed by atoms with Crippen LogP contribution in [-0.2, 0) is 21.2 Å². The third-order valence-electron chi connectivity index (χ3n) is 4.67. The fourth-order valence-electron chi connectivity index (χ4n) is 2.90. The molecule has 7 nitrogen and oxygen atoms in total. The summed E-state index contributed by atoms with van der Waals surface area (Å²) in [4.78, 5) is 24.3. The first-order valence-electron chi connectivity index (χ1n) is 9.75. The Balaban J connectivity index is 1.31. The van der Waals surface area contributed by atoms with Crippen molar-refractivity contribution in [1.29, 1.82) is 0 Å². The molecule has 1 aromatic heterocycles. The number of rotatable bonds is 8. The molecule has 0 bridgehead atoms. The summed E-state index contributed by atoms with van der Waals surface area (Å²) in [6, 6.07) is 16.9. The molecule has 4 rings (SSSR count). The van der Waals surface area contributed by atoms with E-state index in [0.29, 0.717) is 23.0 Å². The lowest BCUT2D eigenvalue weighted by atomic mass is 10.1. The van der Waals surface area contributed by atoms with Gasteiger partial charge in [0.15, 0.2) is 0 Å². The Hall–Kier alpha value is -3.17. The Bertz CT molecular complexity index is 1170. The van der Waals surface area contributed by atoms with Crippen molar-refractivity contribution in [2.75, 3.05) is 10.0 Å². The van der Waals surface area contributed by atoms with Crippen molar-refractivity contribution in [2.45, 2.75) is 29.5 Å². The molecular formula is C22H21N3O4S2. The van der Waals surface area contributed by atoms with Gasteiger partial charge in [-0.3, -0.25) is 14.3 Å². The molecular weight excluding hydrogens is 434 g/mol. The number of hydrogen-bond donors (Lipinski definition) is 3. The van der Waals surface area contributed by atoms with Gasteiger partial charge >= 0.3 is 0 Å². The van der Waals surface area contributed by atoms with E-state index >= 15 is 0 Å². The van der Waals surface area contributed by atoms with Gasteiger partial charge in [0.2, 0.25) is 5.91 Å². The molecule has 0 radical (unpaired) electrons. The smallest absolute Gasteiger partial charge is 0.271 e. The standard InChI is InChI=1S/C22H21N3O4S2/c26-20(23-17-9-5-16(6-10-17)22(27)24-18-11-12-18)14-15-3-7-19(8-4-15)25-31(28,29)21-2-1-13-30-21/h1-10,13,18,25H,11-12,14H2,(H,23,26)(H,24,27). The molecule has 160 valence electrons. The van der Waals surface area contributed by atoms with E-state index in [1.165, 1.54) is 6.07 Å². The highest BCUT2D eigenvalue weighted by Crippen LogP contribution is 2.21. The second-order valence-electron chi connectivity index (χ2n) is 7.28. The van der Waals surface area contributed by atoms with Crippen LogP contribution in [0.15, 0.2) is 70.3 Å². The second kappa shape index (κ2) is 8.91. The number of hydrogen-bond acceptors (Lipinski definition) is 5. The Morgan fingerprint density at radius 3 is 2.23 bits per heavy atom. The lowest BCUT2D eigenvalue weighted by Crippen LogP contribution is -2.25. The molecule has 3 aromatic rings. The second-order valence-corrected chi connectivity index (χ2v) is 10.1. The fraction of sp³-hybridized carbons (Fsp3) is 0.182. The van der Waals surface area contributed by atoms with E-state index in [1.54, 1.807) is 60.0 Å². The summed E-state index contributed by atoms with van der Waals surface area (Å²) >= 11 is 1.14. The van der Waals surface area contributed by atoms with Gasteiger partial charge in [0, 0.05) is 23.0 Å². The number of anilines is 2. The van der Waals surface area contributed by atoms with Crippen molar-refractivity contribution in [3.63, 3.8) is 0 Å². The molecule has 0 unspecified atom stereocenters. The van der Waals surface area contributed by atoms with Crippen molar-refractivity contribution in [3.05, 3.63) is 77.2 Å². The number of sulfonamides is 1. The lowest BCUT2D eigenvalue weighted by molar-refractivity contribution is -0.115. The van der Waals surface area contributed by atoms with Gasteiger partial charge < -0.3 is 10.6 Å². The van der Waals surface area contributed by atoms with Gasteiger partial charge in [-0.15, -0.1) is 11.3 Å². The monoisotopic (exact) mass is 455 g/mol. The highest BCUT2D eigenvalue weighted by atomic mass is 32.2. The van der Waals surface area contributed by atoms with Crippen LogP contribution in [0.25, 0.3) is 0 Å². The molecule has 1 fully saturated rings. The molecule has 1 aliphatic rings. The number of amides is 2. The van der Waals surface area contributed by atoms with Crippen LogP contribution in [0.3, 0.4) is 0 Å². The number of benzene rings is 2. The van der Waals surface area contributed by atoms with E-state index < -0.39 is 10.0 Å². The van der Waals surface area contributed by atoms with Crippen LogP contribution in [0.5, 0.6) is 0 Å². The van der Waals surface area contributed by atoms with Gasteiger partial charge in [0.25, 0.3) is 15.9 Å². The summed E-state index contributed by atoms with van der Waals surface area (Å²) in [5.74, 6) is -0.308. The fourth-order valence-corrected chi connectivity index (χ4v) is 4.96. The van der Waals surface area contributed by atoms with Crippen LogP contribution in [0.1, 0.15) is 28.8 Å². The van der Waals surface area contributed by atoms with Crippen LogP contribution in [-0.4, -0.2) is 26.3 Å². The number of carbonyl (C=O) groups excluding carboxylic acids is 2. The van der Waals surface area contributed by atoms with Gasteiger partial charge in [0.1, 0.15) is 4.21 Å². The first-order chi connectivity index (χ1) is 14.9. The Kier molecular flexibility index (Phi) is 6.06. The zero-order valence-corrected chi connectivity index (χ0v) is 18.1. The van der Waals surface area contributed by atoms with Gasteiger partial charge in [-0.05, 0) is 66.2 Å². The molecule has 1 aliphatic carbocycles. The molecule has 3 N–H and O–H groups in total. The maximum absolute atomic E-state index is 12.3. The zero-order chi connectivity index (χ0) is 21.8. The topological polar surface area (TPSA) is 104 Å². The maximum atomic E-state index is 12.3. The lowest BCUT2D eigenvalue weighted by Gasteiger charge is -2.09. The average Bonchev–Trinajstić information content (AvgIpc) is 3.36. The summed E-state index contributed by atoms with van der Waals surface area (Å²) in [7, 11) is -3.60. The molecule has 0 spiro atoms. The van der Waals surface area contributed by atoms with Crippen molar-refractivity contribution in [1.82, 2.24) is 5.32 Å². The quantitative estimate of drug-likeness (QED) is 0.482. The Morgan fingerprint density at radius 1 is 0.935 bits per heavy atom. The molecule has 0 aliphatic heterocycles. The van der Waals surface area contributed by atoms with Crippen LogP contribution in [0.4, 0.5) is 11.4 Å². The summed E-state index contributed by atoms with van der Waals surface area (Å²) in [5.41, 5.74) is 2.34. The largest absolute Gasteiger partial charge is 0.349 e. The predicted molar refractivity (Wildman–Crippen MR) is 121 cm³/mol. The van der Waals surface area contributed by atoms with E-state index in [-0.39, 0.29) is 22.4 Å². The van der Waals surface area contributed by atoms with Crippen molar-refractivity contribution in [2.24, 2.45) is 0 Å². The Labute approximate surface area is 184 Å². The summed E-state index contributed by atoms with van der Waals surface area (Å²) in [5, 5.41) is 7.42. The van der Waals surface area contributed by atoms with Crippen LogP contribution in [0, 0.1) is 0 Å². The van der Waals surface area contributed by atoms with Crippen LogP contribution < -0.4 is 15.4 Å². The molecule has 1 heterocycles. The highest BCUT2D eigenvalue weighted by Gasteiger charge is 2.23. The highest BCUT2D eigenvalue weighted by molar-refractivity contribution is 7.94. The van der Waals surface area contributed by atoms with Crippen LogP contribution >= 0.6 is 11.3 Å². The molecule has 0 saturated heterocycles. The minimum atomic E-state index is -3.60. The SMILES string of the molecule is O=C(Cc1ccc(NS(=O)(=O)c2cccs2)cc1)Nc1ccc(C(=O)NC2CC2)cc1. The zero-order valence-electron chi connectivity index (χ0n) is 16.5. The third kappa shape index (κ3) is 5.71. The predicted octanol–water partition coefficient (Wildman–Crippen LogP) is 3.62. The molecule has 9 heteroatoms. The number of thiophene rings is 1. The number of nitrogens with one attached hydrogen (secondary N) is 3. The average molecular weight is 456 g/mol. The Morgan fingerprint density at radius 2 is 1.61 bits per heavy atom. The molecule has 0 atom stereocenters.